The van der Waals surface area contributed by atoms with Crippen LogP contribution in [0, 0.1) is 6.92 Å². The van der Waals surface area contributed by atoms with Gasteiger partial charge in [-0.2, -0.15) is 0 Å². The van der Waals surface area contributed by atoms with Crippen molar-refractivity contribution in [3.63, 3.8) is 0 Å². The summed E-state index contributed by atoms with van der Waals surface area (Å²) in [6, 6.07) is 18.7. The minimum absolute atomic E-state index is 0.216. The summed E-state index contributed by atoms with van der Waals surface area (Å²) < 4.78 is 2.20. The van der Waals surface area contributed by atoms with E-state index in [4.69, 9.17) is 5.73 Å². The van der Waals surface area contributed by atoms with Gasteiger partial charge in [-0.1, -0.05) is 12.1 Å². The smallest absolute Gasteiger partial charge is 0.255 e. The molecule has 0 fully saturated rings. The Labute approximate surface area is 187 Å². The van der Waals surface area contributed by atoms with Crippen LogP contribution < -0.4 is 16.4 Å². The molecule has 7 nitrogen and oxygen atoms in total. The van der Waals surface area contributed by atoms with Crippen LogP contribution in [0.3, 0.4) is 0 Å². The highest BCUT2D eigenvalue weighted by Crippen LogP contribution is 2.27. The summed E-state index contributed by atoms with van der Waals surface area (Å²) in [7, 11) is 0. The van der Waals surface area contributed by atoms with Crippen LogP contribution >= 0.6 is 0 Å². The number of rotatable bonds is 6. The van der Waals surface area contributed by atoms with Crippen LogP contribution in [0.15, 0.2) is 73.1 Å². The number of carbonyl (C=O) groups excluding carboxylic acids is 1. The number of benzene rings is 2. The topological polar surface area (TPSA) is 97.9 Å². The highest BCUT2D eigenvalue weighted by atomic mass is 16.1. The van der Waals surface area contributed by atoms with Crippen molar-refractivity contribution in [3.05, 3.63) is 84.4 Å². The fourth-order valence-corrected chi connectivity index (χ4v) is 3.64. The maximum atomic E-state index is 12.5. The first kappa shape index (κ1) is 21.1. The Kier molecular flexibility index (Phi) is 5.89. The van der Waals surface area contributed by atoms with Crippen LogP contribution in [-0.4, -0.2) is 20.4 Å². The molecule has 0 bridgehead atoms. The van der Waals surface area contributed by atoms with E-state index in [-0.39, 0.29) is 5.91 Å². The SMILES string of the molecule is Cc1ncc(-c2ccnc(Nc3ccc(C(=O)Nc4ccccc4N)cc3)c2)n1C(C)C. The van der Waals surface area contributed by atoms with Crippen molar-refractivity contribution in [2.75, 3.05) is 16.4 Å². The third kappa shape index (κ3) is 4.46. The fraction of sp³-hybridized carbons (Fsp3) is 0.160. The molecule has 2 aromatic heterocycles. The summed E-state index contributed by atoms with van der Waals surface area (Å²) in [4.78, 5) is 21.4. The molecule has 1 amide bonds. The number of amides is 1. The van der Waals surface area contributed by atoms with Crippen LogP contribution in [0.4, 0.5) is 22.9 Å². The molecular weight excluding hydrogens is 400 g/mol. The van der Waals surface area contributed by atoms with Crippen LogP contribution in [0.25, 0.3) is 11.3 Å². The molecule has 4 N–H and O–H groups in total. The number of hydrogen-bond donors (Lipinski definition) is 3. The Morgan fingerprint density at radius 1 is 1.03 bits per heavy atom. The largest absolute Gasteiger partial charge is 0.397 e. The summed E-state index contributed by atoms with van der Waals surface area (Å²) in [5.74, 6) is 1.48. The van der Waals surface area contributed by atoms with Gasteiger partial charge >= 0.3 is 0 Å². The average molecular weight is 427 g/mol. The van der Waals surface area contributed by atoms with Gasteiger partial charge in [0.05, 0.1) is 23.3 Å². The van der Waals surface area contributed by atoms with E-state index in [1.54, 1.807) is 30.5 Å². The first-order chi connectivity index (χ1) is 15.4. The minimum atomic E-state index is -0.216. The molecule has 0 atom stereocenters. The number of aryl methyl sites for hydroxylation is 1. The number of aromatic nitrogens is 3. The van der Waals surface area contributed by atoms with Gasteiger partial charge in [-0.05, 0) is 69.3 Å². The molecule has 4 rings (SSSR count). The molecule has 162 valence electrons. The Balaban J connectivity index is 1.49. The number of hydrogen-bond acceptors (Lipinski definition) is 5. The second-order valence-electron chi connectivity index (χ2n) is 7.83. The van der Waals surface area contributed by atoms with E-state index in [2.05, 4.69) is 39.0 Å². The average Bonchev–Trinajstić information content (AvgIpc) is 3.18. The van der Waals surface area contributed by atoms with Gasteiger partial charge in [0.25, 0.3) is 5.91 Å². The molecule has 0 spiro atoms. The Morgan fingerprint density at radius 3 is 2.50 bits per heavy atom. The van der Waals surface area contributed by atoms with Crippen LogP contribution in [0.2, 0.25) is 0 Å². The molecule has 0 aliphatic carbocycles. The van der Waals surface area contributed by atoms with Crippen LogP contribution in [0.1, 0.15) is 36.1 Å². The summed E-state index contributed by atoms with van der Waals surface area (Å²) in [6.07, 6.45) is 3.66. The molecule has 0 radical (unpaired) electrons. The molecule has 0 unspecified atom stereocenters. The van der Waals surface area contributed by atoms with Crippen molar-refractivity contribution in [2.45, 2.75) is 26.8 Å². The number of carbonyl (C=O) groups is 1. The van der Waals surface area contributed by atoms with E-state index in [1.807, 2.05) is 49.5 Å². The molecule has 0 aliphatic heterocycles. The summed E-state index contributed by atoms with van der Waals surface area (Å²) >= 11 is 0. The summed E-state index contributed by atoms with van der Waals surface area (Å²) in [6.45, 7) is 6.29. The van der Waals surface area contributed by atoms with Gasteiger partial charge in [0.2, 0.25) is 0 Å². The van der Waals surface area contributed by atoms with Crippen molar-refractivity contribution >= 4 is 28.8 Å². The molecule has 0 saturated heterocycles. The number of nitrogens with two attached hydrogens (primary N) is 1. The van der Waals surface area contributed by atoms with Gasteiger partial charge in [-0.3, -0.25) is 4.79 Å². The van der Waals surface area contributed by atoms with Gasteiger partial charge in [-0.15, -0.1) is 0 Å². The predicted molar refractivity (Wildman–Crippen MR) is 129 cm³/mol. The normalized spacial score (nSPS) is 10.9. The molecule has 2 aromatic carbocycles. The lowest BCUT2D eigenvalue weighted by Crippen LogP contribution is -2.13. The highest BCUT2D eigenvalue weighted by Gasteiger charge is 2.13. The molecule has 0 saturated carbocycles. The van der Waals surface area contributed by atoms with E-state index >= 15 is 0 Å². The molecule has 0 aliphatic rings. The van der Waals surface area contributed by atoms with Gasteiger partial charge in [0.1, 0.15) is 11.6 Å². The zero-order chi connectivity index (χ0) is 22.7. The predicted octanol–water partition coefficient (Wildman–Crippen LogP) is 5.41. The van der Waals surface area contributed by atoms with Gasteiger partial charge in [0.15, 0.2) is 0 Å². The lowest BCUT2D eigenvalue weighted by Gasteiger charge is -2.15. The lowest BCUT2D eigenvalue weighted by atomic mass is 10.1. The van der Waals surface area contributed by atoms with Crippen molar-refractivity contribution in [1.29, 1.82) is 0 Å². The van der Waals surface area contributed by atoms with Crippen molar-refractivity contribution in [3.8, 4) is 11.3 Å². The Morgan fingerprint density at radius 2 is 1.78 bits per heavy atom. The minimum Gasteiger partial charge on any atom is -0.397 e. The van der Waals surface area contributed by atoms with Gasteiger partial charge < -0.3 is 20.9 Å². The first-order valence-electron chi connectivity index (χ1n) is 10.5. The fourth-order valence-electron chi connectivity index (χ4n) is 3.64. The van der Waals surface area contributed by atoms with E-state index in [0.29, 0.717) is 28.8 Å². The quantitative estimate of drug-likeness (QED) is 0.358. The van der Waals surface area contributed by atoms with Gasteiger partial charge in [-0.25, -0.2) is 9.97 Å². The molecule has 2 heterocycles. The van der Waals surface area contributed by atoms with Crippen molar-refractivity contribution in [1.82, 2.24) is 14.5 Å². The zero-order valence-corrected chi connectivity index (χ0v) is 18.3. The number of para-hydroxylation sites is 2. The third-order valence-corrected chi connectivity index (χ3v) is 5.18. The second kappa shape index (κ2) is 8.93. The number of pyridine rings is 1. The Hall–Kier alpha value is -4.13. The van der Waals surface area contributed by atoms with Crippen LogP contribution in [0.5, 0.6) is 0 Å². The summed E-state index contributed by atoms with van der Waals surface area (Å²) in [5, 5.41) is 6.13. The maximum Gasteiger partial charge on any atom is 0.255 e. The third-order valence-electron chi connectivity index (χ3n) is 5.18. The standard InChI is InChI=1S/C25H26N6O/c1-16(2)31-17(3)28-15-23(31)19-12-13-27-24(14-19)29-20-10-8-18(9-11-20)25(32)30-22-7-5-4-6-21(22)26/h4-16H,26H2,1-3H3,(H,27,29)(H,30,32). The number of anilines is 4. The highest BCUT2D eigenvalue weighted by molar-refractivity contribution is 6.05. The monoisotopic (exact) mass is 426 g/mol. The Bertz CT molecular complexity index is 1240. The first-order valence-corrected chi connectivity index (χ1v) is 10.5. The molecule has 7 heteroatoms. The molecular formula is C25H26N6O. The van der Waals surface area contributed by atoms with Crippen molar-refractivity contribution < 1.29 is 4.79 Å². The van der Waals surface area contributed by atoms with Gasteiger partial charge in [0, 0.05) is 29.1 Å². The zero-order valence-electron chi connectivity index (χ0n) is 18.3. The second-order valence-corrected chi connectivity index (χ2v) is 7.83. The number of nitrogens with zero attached hydrogens (tertiary/aromatic N) is 3. The molecule has 4 aromatic rings. The maximum absolute atomic E-state index is 12.5. The lowest BCUT2D eigenvalue weighted by molar-refractivity contribution is 0.102. The van der Waals surface area contributed by atoms with E-state index in [1.165, 1.54) is 0 Å². The van der Waals surface area contributed by atoms with Crippen LogP contribution in [-0.2, 0) is 0 Å². The van der Waals surface area contributed by atoms with E-state index < -0.39 is 0 Å². The van der Waals surface area contributed by atoms with Crippen molar-refractivity contribution in [2.24, 2.45) is 0 Å². The van der Waals surface area contributed by atoms with E-state index in [0.717, 1.165) is 22.8 Å². The summed E-state index contributed by atoms with van der Waals surface area (Å²) in [5.41, 5.74) is 10.5. The van der Waals surface area contributed by atoms with E-state index in [9.17, 15) is 4.79 Å². The number of nitrogen functional groups attached to an aromatic ring is 1. The number of nitrogens with one attached hydrogen (secondary N) is 2. The number of imidazole rings is 1. The molecule has 32 heavy (non-hydrogen) atoms.